The summed E-state index contributed by atoms with van der Waals surface area (Å²) in [6.07, 6.45) is 1.23. The molecular formula is C29H30N3O6-. The third kappa shape index (κ3) is 6.88. The lowest BCUT2D eigenvalue weighted by Gasteiger charge is -2.33. The fraction of sp³-hybridized carbons (Fsp3) is 0.310. The number of anilines is 1. The number of nitrogens with one attached hydrogen (secondary N) is 1. The second-order valence-corrected chi connectivity index (χ2v) is 10.0. The summed E-state index contributed by atoms with van der Waals surface area (Å²) in [5, 5.41) is 13.9. The van der Waals surface area contributed by atoms with Crippen LogP contribution in [0.4, 0.5) is 10.5 Å². The Bertz CT molecular complexity index is 1290. The van der Waals surface area contributed by atoms with Crippen LogP contribution in [-0.4, -0.2) is 52.6 Å². The molecule has 0 bridgehead atoms. The zero-order valence-electron chi connectivity index (χ0n) is 21.6. The molecule has 0 saturated carbocycles. The number of carboxylic acid groups (broad SMARTS) is 1. The third-order valence-electron chi connectivity index (χ3n) is 5.94. The van der Waals surface area contributed by atoms with Gasteiger partial charge in [0.15, 0.2) is 0 Å². The van der Waals surface area contributed by atoms with Crippen molar-refractivity contribution in [3.8, 4) is 16.9 Å². The Morgan fingerprint density at radius 2 is 1.66 bits per heavy atom. The van der Waals surface area contributed by atoms with Crippen molar-refractivity contribution in [1.29, 1.82) is 0 Å². The quantitative estimate of drug-likeness (QED) is 0.489. The van der Waals surface area contributed by atoms with Gasteiger partial charge in [0, 0.05) is 37.2 Å². The van der Waals surface area contributed by atoms with E-state index in [1.54, 1.807) is 51.1 Å². The zero-order valence-corrected chi connectivity index (χ0v) is 21.6. The molecule has 2 amide bonds. The van der Waals surface area contributed by atoms with Gasteiger partial charge in [-0.05, 0) is 56.7 Å². The highest BCUT2D eigenvalue weighted by Crippen LogP contribution is 2.29. The molecule has 38 heavy (non-hydrogen) atoms. The second-order valence-electron chi connectivity index (χ2n) is 10.0. The van der Waals surface area contributed by atoms with Crippen LogP contribution >= 0.6 is 0 Å². The summed E-state index contributed by atoms with van der Waals surface area (Å²) in [4.78, 5) is 42.3. The van der Waals surface area contributed by atoms with Crippen LogP contribution < -0.4 is 15.2 Å². The number of carbonyl (C=O) groups is 3. The third-order valence-corrected chi connectivity index (χ3v) is 5.94. The van der Waals surface area contributed by atoms with Crippen molar-refractivity contribution >= 4 is 23.7 Å². The Morgan fingerprint density at radius 1 is 1.00 bits per heavy atom. The number of amides is 2. The Kier molecular flexibility index (Phi) is 7.95. The summed E-state index contributed by atoms with van der Waals surface area (Å²) >= 11 is 0. The minimum Gasteiger partial charge on any atom is -0.530 e. The summed E-state index contributed by atoms with van der Waals surface area (Å²) in [5.74, 6) is -0.360. The van der Waals surface area contributed by atoms with E-state index < -0.39 is 23.6 Å². The highest BCUT2D eigenvalue weighted by molar-refractivity contribution is 6.07. The average molecular weight is 517 g/mol. The Morgan fingerprint density at radius 3 is 2.26 bits per heavy atom. The van der Waals surface area contributed by atoms with Gasteiger partial charge in [-0.1, -0.05) is 30.3 Å². The maximum absolute atomic E-state index is 13.2. The van der Waals surface area contributed by atoms with Gasteiger partial charge in [-0.2, -0.15) is 0 Å². The molecule has 1 aromatic heterocycles. The van der Waals surface area contributed by atoms with Crippen LogP contribution in [0.3, 0.4) is 0 Å². The second kappa shape index (κ2) is 11.3. The number of pyridine rings is 1. The number of aromatic nitrogens is 1. The van der Waals surface area contributed by atoms with Crippen LogP contribution in [0.25, 0.3) is 11.1 Å². The smallest absolute Gasteiger partial charge is 0.338 e. The molecule has 1 aliphatic heterocycles. The van der Waals surface area contributed by atoms with Gasteiger partial charge in [-0.3, -0.25) is 4.79 Å². The van der Waals surface area contributed by atoms with Crippen LogP contribution in [0, 0.1) is 0 Å². The van der Waals surface area contributed by atoms with Crippen molar-refractivity contribution in [2.24, 2.45) is 0 Å². The van der Waals surface area contributed by atoms with Gasteiger partial charge in [0.1, 0.15) is 29.2 Å². The minimum absolute atomic E-state index is 0.167. The number of likely N-dealkylation sites (tertiary alicyclic amines) is 1. The fourth-order valence-electron chi connectivity index (χ4n) is 4.09. The Labute approximate surface area is 221 Å². The van der Waals surface area contributed by atoms with Crippen LogP contribution in [-0.2, 0) is 4.74 Å². The van der Waals surface area contributed by atoms with E-state index in [9.17, 15) is 19.5 Å². The molecule has 198 valence electrons. The number of ether oxygens (including phenoxy) is 2. The fourth-order valence-corrected chi connectivity index (χ4v) is 4.09. The van der Waals surface area contributed by atoms with Gasteiger partial charge in [0.25, 0.3) is 5.91 Å². The van der Waals surface area contributed by atoms with Crippen molar-refractivity contribution in [3.63, 3.8) is 0 Å². The lowest BCUT2D eigenvalue weighted by molar-refractivity contribution is -0.266. The van der Waals surface area contributed by atoms with E-state index in [4.69, 9.17) is 9.47 Å². The molecule has 1 saturated heterocycles. The number of nitrogens with zero attached hydrogens (tertiary/aromatic N) is 2. The molecule has 4 rings (SSSR count). The predicted octanol–water partition coefficient (Wildman–Crippen LogP) is 4.14. The van der Waals surface area contributed by atoms with Gasteiger partial charge < -0.3 is 29.6 Å². The van der Waals surface area contributed by atoms with Gasteiger partial charge in [0.2, 0.25) is 0 Å². The molecule has 0 spiro atoms. The molecule has 1 fully saturated rings. The summed E-state index contributed by atoms with van der Waals surface area (Å²) < 4.78 is 11.5. The van der Waals surface area contributed by atoms with E-state index in [-0.39, 0.29) is 11.8 Å². The zero-order chi connectivity index (χ0) is 27.3. The molecule has 0 unspecified atom stereocenters. The lowest BCUT2D eigenvalue weighted by atomic mass is 10.0. The molecule has 2 heterocycles. The summed E-state index contributed by atoms with van der Waals surface area (Å²) in [6, 6.07) is 17.6. The summed E-state index contributed by atoms with van der Waals surface area (Å²) in [6.45, 7) is 6.09. The summed E-state index contributed by atoms with van der Waals surface area (Å²) in [7, 11) is 0. The van der Waals surface area contributed by atoms with Gasteiger partial charge >= 0.3 is 5.97 Å². The van der Waals surface area contributed by atoms with Crippen molar-refractivity contribution in [2.45, 2.75) is 45.3 Å². The molecule has 0 atom stereocenters. The maximum atomic E-state index is 13.2. The monoisotopic (exact) mass is 516 g/mol. The first-order valence-corrected chi connectivity index (χ1v) is 12.4. The SMILES string of the molecule is CC(C)(C)OC(=O)c1ccc(NC(=O)c2ncc(OC3CCN(C(=O)[O-])CC3)cc2-c2ccccc2)cc1. The molecule has 9 nitrogen and oxygen atoms in total. The van der Waals surface area contributed by atoms with E-state index in [0.29, 0.717) is 48.5 Å². The van der Waals surface area contributed by atoms with Crippen molar-refractivity contribution in [3.05, 3.63) is 78.1 Å². The molecular weight excluding hydrogens is 486 g/mol. The average Bonchev–Trinajstić information content (AvgIpc) is 2.89. The molecule has 1 N–H and O–H groups in total. The van der Waals surface area contributed by atoms with E-state index in [1.165, 1.54) is 11.1 Å². The molecule has 1 aliphatic rings. The largest absolute Gasteiger partial charge is 0.530 e. The van der Waals surface area contributed by atoms with Crippen LogP contribution in [0.15, 0.2) is 66.9 Å². The van der Waals surface area contributed by atoms with Crippen LogP contribution in [0.5, 0.6) is 5.75 Å². The van der Waals surface area contributed by atoms with E-state index in [0.717, 1.165) is 5.56 Å². The minimum atomic E-state index is -1.17. The summed E-state index contributed by atoms with van der Waals surface area (Å²) in [5.41, 5.74) is 1.88. The lowest BCUT2D eigenvalue weighted by Crippen LogP contribution is -2.47. The molecule has 3 aromatic rings. The Balaban J connectivity index is 1.51. The van der Waals surface area contributed by atoms with E-state index in [2.05, 4.69) is 10.3 Å². The van der Waals surface area contributed by atoms with Crippen LogP contribution in [0.2, 0.25) is 0 Å². The number of carbonyl (C=O) groups excluding carboxylic acids is 3. The number of hydrogen-bond acceptors (Lipinski definition) is 7. The number of rotatable bonds is 6. The maximum Gasteiger partial charge on any atom is 0.338 e. The van der Waals surface area contributed by atoms with Crippen LogP contribution in [0.1, 0.15) is 54.5 Å². The molecule has 0 radical (unpaired) electrons. The van der Waals surface area contributed by atoms with Crippen molar-refractivity contribution in [2.75, 3.05) is 18.4 Å². The van der Waals surface area contributed by atoms with E-state index >= 15 is 0 Å². The topological polar surface area (TPSA) is 121 Å². The predicted molar refractivity (Wildman–Crippen MR) is 140 cm³/mol. The standard InChI is InChI=1S/C29H31N3O6/c1-29(2,3)38-27(34)20-9-11-21(12-10-20)31-26(33)25-24(19-7-5-4-6-8-19)17-23(18-30-25)37-22-13-15-32(16-14-22)28(35)36/h4-12,17-18,22H,13-16H2,1-3H3,(H,31,33)(H,35,36)/p-1. The number of piperidine rings is 1. The first-order chi connectivity index (χ1) is 18.1. The van der Waals surface area contributed by atoms with Crippen molar-refractivity contribution < 1.29 is 29.0 Å². The normalized spacial score (nSPS) is 14.0. The molecule has 0 aliphatic carbocycles. The Hall–Kier alpha value is -4.40. The highest BCUT2D eigenvalue weighted by atomic mass is 16.6. The first kappa shape index (κ1) is 26.7. The van der Waals surface area contributed by atoms with Gasteiger partial charge in [-0.15, -0.1) is 0 Å². The van der Waals surface area contributed by atoms with Gasteiger partial charge in [0.05, 0.1) is 11.8 Å². The van der Waals surface area contributed by atoms with Gasteiger partial charge in [-0.25, -0.2) is 9.78 Å². The highest BCUT2D eigenvalue weighted by Gasteiger charge is 2.23. The first-order valence-electron chi connectivity index (χ1n) is 12.4. The number of esters is 1. The molecule has 9 heteroatoms. The van der Waals surface area contributed by atoms with E-state index in [1.807, 2.05) is 30.3 Å². The number of benzene rings is 2. The number of hydrogen-bond donors (Lipinski definition) is 1. The molecule has 2 aromatic carbocycles. The van der Waals surface area contributed by atoms with Crippen molar-refractivity contribution in [1.82, 2.24) is 9.88 Å².